The summed E-state index contributed by atoms with van der Waals surface area (Å²) in [5.74, 6) is 1.37. The van der Waals surface area contributed by atoms with E-state index in [1.807, 2.05) is 39.7 Å². The van der Waals surface area contributed by atoms with Crippen LogP contribution in [-0.4, -0.2) is 60.6 Å². The number of ether oxygens (including phenoxy) is 2. The van der Waals surface area contributed by atoms with Crippen LogP contribution in [0.5, 0.6) is 0 Å². The molecule has 1 aliphatic rings. The molecule has 0 spiro atoms. The maximum atomic E-state index is 12.3. The monoisotopic (exact) mass is 383 g/mol. The fraction of sp³-hybridized carbons (Fsp3) is 0.789. The van der Waals surface area contributed by atoms with Gasteiger partial charge in [-0.05, 0) is 61.8 Å². The van der Waals surface area contributed by atoms with Crippen molar-refractivity contribution in [1.82, 2.24) is 4.90 Å². The second-order valence-corrected chi connectivity index (χ2v) is 8.55. The van der Waals surface area contributed by atoms with Crippen molar-refractivity contribution in [2.45, 2.75) is 78.6 Å². The van der Waals surface area contributed by atoms with Crippen LogP contribution in [0, 0.1) is 0 Å². The Bertz CT molecular complexity index is 537. The maximum Gasteiger partial charge on any atom is 0.486 e. The predicted molar refractivity (Wildman–Crippen MR) is 104 cm³/mol. The van der Waals surface area contributed by atoms with Gasteiger partial charge in [0.1, 0.15) is 12.1 Å². The van der Waals surface area contributed by atoms with Gasteiger partial charge in [0, 0.05) is 6.54 Å². The first-order chi connectivity index (χ1) is 12.3. The zero-order valence-electron chi connectivity index (χ0n) is 18.0. The number of rotatable bonds is 7. The molecule has 0 aromatic rings. The molecule has 27 heavy (non-hydrogen) atoms. The molecule has 0 aliphatic carbocycles. The van der Waals surface area contributed by atoms with Gasteiger partial charge in [0.25, 0.3) is 0 Å². The Kier molecular flexibility index (Phi) is 7.93. The van der Waals surface area contributed by atoms with Gasteiger partial charge >= 0.3 is 19.2 Å². The highest BCUT2D eigenvalue weighted by Gasteiger charge is 2.49. The Hall–Kier alpha value is -1.54. The van der Waals surface area contributed by atoms with E-state index in [0.717, 1.165) is 0 Å². The molecule has 0 aromatic heterocycles. The van der Waals surface area contributed by atoms with E-state index in [4.69, 9.17) is 18.8 Å². The fourth-order valence-corrected chi connectivity index (χ4v) is 2.33. The Balaban J connectivity index is 2.63. The molecular formula is C19H34BNO6. The summed E-state index contributed by atoms with van der Waals surface area (Å²) in [7, 11) is -0.435. The molecule has 7 nitrogen and oxygen atoms in total. The van der Waals surface area contributed by atoms with Crippen LogP contribution in [0.2, 0.25) is 0 Å². The summed E-state index contributed by atoms with van der Waals surface area (Å²) in [6.45, 7) is 15.5. The van der Waals surface area contributed by atoms with Crippen molar-refractivity contribution < 1.29 is 28.4 Å². The molecule has 0 N–H and O–H groups in total. The van der Waals surface area contributed by atoms with Gasteiger partial charge in [-0.3, -0.25) is 9.69 Å². The highest BCUT2D eigenvalue weighted by molar-refractivity contribution is 6.51. The molecule has 1 heterocycles. The second-order valence-electron chi connectivity index (χ2n) is 8.55. The molecule has 0 atom stereocenters. The molecule has 0 saturated carbocycles. The molecule has 1 amide bonds. The van der Waals surface area contributed by atoms with Crippen LogP contribution < -0.4 is 0 Å². The Morgan fingerprint density at radius 2 is 1.67 bits per heavy atom. The van der Waals surface area contributed by atoms with E-state index < -0.39 is 36.0 Å². The molecule has 0 aromatic carbocycles. The lowest BCUT2D eigenvalue weighted by molar-refractivity contribution is -0.144. The third kappa shape index (κ3) is 7.54. The Labute approximate surface area is 163 Å². The van der Waals surface area contributed by atoms with Crippen LogP contribution in [0.4, 0.5) is 4.79 Å². The van der Waals surface area contributed by atoms with Gasteiger partial charge in [0.15, 0.2) is 0 Å². The van der Waals surface area contributed by atoms with Crippen molar-refractivity contribution in [1.29, 1.82) is 0 Å². The van der Waals surface area contributed by atoms with Gasteiger partial charge in [-0.25, -0.2) is 4.79 Å². The van der Waals surface area contributed by atoms with Crippen molar-refractivity contribution in [3.63, 3.8) is 0 Å². The van der Waals surface area contributed by atoms with E-state index in [9.17, 15) is 9.59 Å². The lowest BCUT2D eigenvalue weighted by atomic mass is 9.90. The maximum absolute atomic E-state index is 12.3. The van der Waals surface area contributed by atoms with Gasteiger partial charge in [0.2, 0.25) is 0 Å². The minimum atomic E-state index is -0.636. The lowest BCUT2D eigenvalue weighted by Gasteiger charge is -2.32. The number of carbonyl (C=O) groups excluding carboxylic acids is 2. The first-order valence-electron chi connectivity index (χ1n) is 9.43. The average molecular weight is 383 g/mol. The zero-order chi connectivity index (χ0) is 20.9. The smallest absolute Gasteiger partial charge is 0.465 e. The van der Waals surface area contributed by atoms with Gasteiger partial charge < -0.3 is 18.8 Å². The SMILES string of the molecule is CCOC(=O)CN(CC/C=C/B1OC(C)(C)C(C)(C)O1)C(=O)OC(C)(C)C. The number of hydrogen-bond donors (Lipinski definition) is 0. The molecule has 0 bridgehead atoms. The second kappa shape index (κ2) is 9.10. The van der Waals surface area contributed by atoms with E-state index in [-0.39, 0.29) is 13.2 Å². The number of nitrogens with zero attached hydrogens (tertiary/aromatic N) is 1. The molecule has 0 unspecified atom stereocenters. The molecule has 1 rings (SSSR count). The van der Waals surface area contributed by atoms with Crippen LogP contribution in [0.25, 0.3) is 0 Å². The minimum absolute atomic E-state index is 0.146. The third-order valence-electron chi connectivity index (χ3n) is 4.41. The summed E-state index contributed by atoms with van der Waals surface area (Å²) in [5, 5.41) is 0. The molecular weight excluding hydrogens is 349 g/mol. The van der Waals surface area contributed by atoms with E-state index in [1.54, 1.807) is 27.7 Å². The Morgan fingerprint density at radius 3 is 2.15 bits per heavy atom. The normalized spacial score (nSPS) is 18.6. The number of amides is 1. The first kappa shape index (κ1) is 23.5. The Morgan fingerprint density at radius 1 is 1.11 bits per heavy atom. The molecule has 154 valence electrons. The minimum Gasteiger partial charge on any atom is -0.465 e. The van der Waals surface area contributed by atoms with Crippen molar-refractivity contribution in [3.8, 4) is 0 Å². The highest BCUT2D eigenvalue weighted by Crippen LogP contribution is 2.36. The topological polar surface area (TPSA) is 74.3 Å². The summed E-state index contributed by atoms with van der Waals surface area (Å²) in [6, 6.07) is 0. The van der Waals surface area contributed by atoms with Crippen LogP contribution in [0.3, 0.4) is 0 Å². The summed E-state index contributed by atoms with van der Waals surface area (Å²) in [5.41, 5.74) is -1.43. The number of esters is 1. The molecule has 1 fully saturated rings. The lowest BCUT2D eigenvalue weighted by Crippen LogP contribution is -2.41. The summed E-state index contributed by atoms with van der Waals surface area (Å²) in [6.07, 6.45) is 1.87. The van der Waals surface area contributed by atoms with E-state index in [0.29, 0.717) is 13.0 Å². The van der Waals surface area contributed by atoms with E-state index in [2.05, 4.69) is 0 Å². The van der Waals surface area contributed by atoms with Crippen LogP contribution in [0.15, 0.2) is 12.1 Å². The standard InChI is InChI=1S/C19H34BNO6/c1-9-24-15(22)14-21(16(23)25-17(2,3)4)13-11-10-12-20-26-18(5,6)19(7,8)27-20/h10,12H,9,11,13-14H2,1-8H3/b12-10+. The van der Waals surface area contributed by atoms with E-state index >= 15 is 0 Å². The average Bonchev–Trinajstić information content (AvgIpc) is 2.68. The first-order valence-corrected chi connectivity index (χ1v) is 9.43. The molecule has 1 aliphatic heterocycles. The van der Waals surface area contributed by atoms with Gasteiger partial charge in [-0.15, -0.1) is 0 Å². The van der Waals surface area contributed by atoms with Crippen molar-refractivity contribution in [2.24, 2.45) is 0 Å². The predicted octanol–water partition coefficient (Wildman–Crippen LogP) is 3.36. The van der Waals surface area contributed by atoms with Gasteiger partial charge in [-0.1, -0.05) is 12.1 Å². The van der Waals surface area contributed by atoms with Crippen molar-refractivity contribution in [3.05, 3.63) is 12.1 Å². The third-order valence-corrected chi connectivity index (χ3v) is 4.41. The summed E-state index contributed by atoms with van der Waals surface area (Å²) >= 11 is 0. The quantitative estimate of drug-likeness (QED) is 0.496. The molecule has 8 heteroatoms. The number of carbonyl (C=O) groups is 2. The molecule has 1 saturated heterocycles. The van der Waals surface area contributed by atoms with Crippen molar-refractivity contribution in [2.75, 3.05) is 19.7 Å². The van der Waals surface area contributed by atoms with E-state index in [1.165, 1.54) is 4.90 Å². The fourth-order valence-electron chi connectivity index (χ4n) is 2.33. The molecule has 0 radical (unpaired) electrons. The largest absolute Gasteiger partial charge is 0.486 e. The zero-order valence-corrected chi connectivity index (χ0v) is 18.0. The summed E-state index contributed by atoms with van der Waals surface area (Å²) in [4.78, 5) is 25.5. The van der Waals surface area contributed by atoms with Gasteiger partial charge in [0.05, 0.1) is 17.8 Å². The number of hydrogen-bond acceptors (Lipinski definition) is 6. The van der Waals surface area contributed by atoms with Crippen LogP contribution in [0.1, 0.15) is 61.8 Å². The van der Waals surface area contributed by atoms with Gasteiger partial charge in [-0.2, -0.15) is 0 Å². The highest BCUT2D eigenvalue weighted by atomic mass is 16.7. The van der Waals surface area contributed by atoms with Crippen molar-refractivity contribution >= 4 is 19.2 Å². The van der Waals surface area contributed by atoms with Crippen LogP contribution >= 0.6 is 0 Å². The summed E-state index contributed by atoms with van der Waals surface area (Å²) < 4.78 is 22.1. The van der Waals surface area contributed by atoms with Crippen LogP contribution in [-0.2, 0) is 23.6 Å².